The summed E-state index contributed by atoms with van der Waals surface area (Å²) in [6, 6.07) is 15.1. The van der Waals surface area contributed by atoms with Crippen molar-refractivity contribution in [2.45, 2.75) is 50.6 Å². The van der Waals surface area contributed by atoms with Crippen molar-refractivity contribution in [1.82, 2.24) is 4.90 Å². The Morgan fingerprint density at radius 1 is 1.00 bits per heavy atom. The number of nitrogens with zero attached hydrogens (tertiary/aromatic N) is 2. The number of amides is 3. The average molecular weight is 406 g/mol. The minimum Gasteiger partial charge on any atom is -0.497 e. The lowest BCUT2D eigenvalue weighted by Crippen LogP contribution is -2.51. The van der Waals surface area contributed by atoms with E-state index < -0.39 is 6.04 Å². The van der Waals surface area contributed by atoms with Gasteiger partial charge in [0.25, 0.3) is 11.8 Å². The molecule has 0 radical (unpaired) electrons. The second-order valence-electron chi connectivity index (χ2n) is 7.86. The SMILES string of the molecule is COc1cccc(C(=O)N(C2CCCCC2)C2CC(=O)N(c3ccccc3)C2=O)c1. The van der Waals surface area contributed by atoms with Gasteiger partial charge >= 0.3 is 0 Å². The molecule has 156 valence electrons. The van der Waals surface area contributed by atoms with Crippen LogP contribution < -0.4 is 9.64 Å². The summed E-state index contributed by atoms with van der Waals surface area (Å²) >= 11 is 0. The molecular weight excluding hydrogens is 380 g/mol. The van der Waals surface area contributed by atoms with Crippen LogP contribution in [0.25, 0.3) is 0 Å². The van der Waals surface area contributed by atoms with Gasteiger partial charge in [0.15, 0.2) is 0 Å². The third kappa shape index (κ3) is 3.82. The molecule has 0 bridgehead atoms. The summed E-state index contributed by atoms with van der Waals surface area (Å²) in [4.78, 5) is 42.6. The zero-order valence-corrected chi connectivity index (χ0v) is 17.1. The van der Waals surface area contributed by atoms with Crippen LogP contribution in [0.5, 0.6) is 5.75 Å². The van der Waals surface area contributed by atoms with Crippen molar-refractivity contribution >= 4 is 23.4 Å². The summed E-state index contributed by atoms with van der Waals surface area (Å²) < 4.78 is 5.27. The molecule has 1 atom stereocenters. The van der Waals surface area contributed by atoms with E-state index in [2.05, 4.69) is 0 Å². The van der Waals surface area contributed by atoms with E-state index >= 15 is 0 Å². The highest BCUT2D eigenvalue weighted by Crippen LogP contribution is 2.32. The first-order valence-electron chi connectivity index (χ1n) is 10.5. The number of rotatable bonds is 5. The van der Waals surface area contributed by atoms with Gasteiger partial charge in [-0.05, 0) is 43.2 Å². The standard InChI is InChI=1S/C24H26N2O4/c1-30-20-14-8-9-17(15-20)23(28)25(18-10-4-2-5-11-18)21-16-22(27)26(24(21)29)19-12-6-3-7-13-19/h3,6-9,12-15,18,21H,2,4-5,10-11,16H2,1H3. The molecule has 2 aliphatic rings. The van der Waals surface area contributed by atoms with Gasteiger partial charge in [-0.1, -0.05) is 43.5 Å². The topological polar surface area (TPSA) is 66.9 Å². The zero-order valence-electron chi connectivity index (χ0n) is 17.1. The largest absolute Gasteiger partial charge is 0.497 e. The molecule has 0 aromatic heterocycles. The first-order chi connectivity index (χ1) is 14.6. The maximum absolute atomic E-state index is 13.6. The van der Waals surface area contributed by atoms with E-state index in [9.17, 15) is 14.4 Å². The number of carbonyl (C=O) groups is 3. The molecule has 1 aliphatic heterocycles. The van der Waals surface area contributed by atoms with Crippen LogP contribution in [0, 0.1) is 0 Å². The van der Waals surface area contributed by atoms with Gasteiger partial charge in [0.2, 0.25) is 5.91 Å². The number of hydrogen-bond acceptors (Lipinski definition) is 4. The highest BCUT2D eigenvalue weighted by atomic mass is 16.5. The van der Waals surface area contributed by atoms with E-state index in [1.165, 1.54) is 4.90 Å². The van der Waals surface area contributed by atoms with E-state index in [4.69, 9.17) is 4.74 Å². The predicted molar refractivity (Wildman–Crippen MR) is 113 cm³/mol. The molecule has 0 spiro atoms. The molecular formula is C24H26N2O4. The fraction of sp³-hybridized carbons (Fsp3) is 0.375. The lowest BCUT2D eigenvalue weighted by molar-refractivity contribution is -0.123. The van der Waals surface area contributed by atoms with Gasteiger partial charge in [0.1, 0.15) is 11.8 Å². The molecule has 0 N–H and O–H groups in total. The van der Waals surface area contributed by atoms with Gasteiger partial charge in [-0.3, -0.25) is 14.4 Å². The quantitative estimate of drug-likeness (QED) is 0.709. The minimum atomic E-state index is -0.778. The van der Waals surface area contributed by atoms with Crippen LogP contribution >= 0.6 is 0 Å². The lowest BCUT2D eigenvalue weighted by Gasteiger charge is -2.37. The Bertz CT molecular complexity index is 937. The maximum atomic E-state index is 13.6. The molecule has 6 nitrogen and oxygen atoms in total. The third-order valence-electron chi connectivity index (χ3n) is 5.99. The molecule has 30 heavy (non-hydrogen) atoms. The van der Waals surface area contributed by atoms with E-state index in [0.717, 1.165) is 32.1 Å². The molecule has 1 heterocycles. The van der Waals surface area contributed by atoms with Crippen molar-refractivity contribution in [1.29, 1.82) is 0 Å². The maximum Gasteiger partial charge on any atom is 0.257 e. The number of imide groups is 1. The molecule has 1 unspecified atom stereocenters. The lowest BCUT2D eigenvalue weighted by atomic mass is 9.92. The van der Waals surface area contributed by atoms with Gasteiger partial charge in [-0.15, -0.1) is 0 Å². The van der Waals surface area contributed by atoms with E-state index in [1.54, 1.807) is 60.5 Å². The fourth-order valence-electron chi connectivity index (χ4n) is 4.51. The summed E-state index contributed by atoms with van der Waals surface area (Å²) in [6.45, 7) is 0. The van der Waals surface area contributed by atoms with Gasteiger partial charge in [-0.25, -0.2) is 4.90 Å². The van der Waals surface area contributed by atoms with E-state index in [0.29, 0.717) is 17.0 Å². The van der Waals surface area contributed by atoms with Crippen LogP contribution in [0.2, 0.25) is 0 Å². The van der Waals surface area contributed by atoms with E-state index in [1.807, 2.05) is 6.07 Å². The number of carbonyl (C=O) groups excluding carboxylic acids is 3. The molecule has 2 aromatic carbocycles. The number of anilines is 1. The van der Waals surface area contributed by atoms with Crippen molar-refractivity contribution in [3.8, 4) is 5.75 Å². The van der Waals surface area contributed by atoms with Crippen LogP contribution in [0.1, 0.15) is 48.9 Å². The fourth-order valence-corrected chi connectivity index (χ4v) is 4.51. The molecule has 3 amide bonds. The molecule has 4 rings (SSSR count). The highest BCUT2D eigenvalue weighted by Gasteiger charge is 2.46. The van der Waals surface area contributed by atoms with Gasteiger partial charge in [0, 0.05) is 11.6 Å². The van der Waals surface area contributed by atoms with Crippen molar-refractivity contribution < 1.29 is 19.1 Å². The second kappa shape index (κ2) is 8.69. The molecule has 1 aliphatic carbocycles. The summed E-state index contributed by atoms with van der Waals surface area (Å²) in [6.07, 6.45) is 4.87. The van der Waals surface area contributed by atoms with Crippen LogP contribution in [-0.2, 0) is 9.59 Å². The van der Waals surface area contributed by atoms with Crippen molar-refractivity contribution in [2.75, 3.05) is 12.0 Å². The molecule has 1 saturated carbocycles. The number of hydrogen-bond donors (Lipinski definition) is 0. The number of methoxy groups -OCH3 is 1. The minimum absolute atomic E-state index is 0.0138. The molecule has 2 fully saturated rings. The second-order valence-corrected chi connectivity index (χ2v) is 7.86. The van der Waals surface area contributed by atoms with Gasteiger partial charge < -0.3 is 9.64 Å². The summed E-state index contributed by atoms with van der Waals surface area (Å²) in [5.41, 5.74) is 1.02. The Kier molecular flexibility index (Phi) is 5.84. The van der Waals surface area contributed by atoms with Gasteiger partial charge in [0.05, 0.1) is 19.2 Å². The summed E-state index contributed by atoms with van der Waals surface area (Å²) in [5, 5.41) is 0. The molecule has 6 heteroatoms. The highest BCUT2D eigenvalue weighted by molar-refractivity contribution is 6.23. The smallest absolute Gasteiger partial charge is 0.257 e. The molecule has 1 saturated heterocycles. The summed E-state index contributed by atoms with van der Waals surface area (Å²) in [7, 11) is 1.55. The Hall–Kier alpha value is -3.15. The Morgan fingerprint density at radius 3 is 2.43 bits per heavy atom. The normalized spacial score (nSPS) is 19.8. The predicted octanol–water partition coefficient (Wildman–Crippen LogP) is 3.80. The first-order valence-corrected chi connectivity index (χ1v) is 10.5. The van der Waals surface area contributed by atoms with Crippen molar-refractivity contribution in [3.05, 3.63) is 60.2 Å². The van der Waals surface area contributed by atoms with Crippen LogP contribution in [0.15, 0.2) is 54.6 Å². The number of ether oxygens (including phenoxy) is 1. The van der Waals surface area contributed by atoms with Crippen molar-refractivity contribution in [3.63, 3.8) is 0 Å². The monoisotopic (exact) mass is 406 g/mol. The van der Waals surface area contributed by atoms with Crippen LogP contribution in [0.4, 0.5) is 5.69 Å². The zero-order chi connectivity index (χ0) is 21.1. The number of para-hydroxylation sites is 1. The number of benzene rings is 2. The Balaban J connectivity index is 1.68. The Morgan fingerprint density at radius 2 is 1.73 bits per heavy atom. The van der Waals surface area contributed by atoms with Crippen molar-refractivity contribution in [2.24, 2.45) is 0 Å². The van der Waals surface area contributed by atoms with Crippen LogP contribution in [0.3, 0.4) is 0 Å². The summed E-state index contributed by atoms with van der Waals surface area (Å²) in [5.74, 6) is -0.227. The first kappa shape index (κ1) is 20.1. The Labute approximate surface area is 176 Å². The average Bonchev–Trinajstić information content (AvgIpc) is 3.08. The van der Waals surface area contributed by atoms with Gasteiger partial charge in [-0.2, -0.15) is 0 Å². The van der Waals surface area contributed by atoms with E-state index in [-0.39, 0.29) is 30.2 Å². The third-order valence-corrected chi connectivity index (χ3v) is 5.99. The molecule has 2 aromatic rings. The van der Waals surface area contributed by atoms with Crippen LogP contribution in [-0.4, -0.2) is 41.8 Å².